The van der Waals surface area contributed by atoms with Crippen LogP contribution in [-0.4, -0.2) is 53.0 Å². The van der Waals surface area contributed by atoms with Crippen LogP contribution in [0.15, 0.2) is 30.5 Å². The van der Waals surface area contributed by atoms with Crippen LogP contribution in [0.2, 0.25) is 10.2 Å². The van der Waals surface area contributed by atoms with E-state index < -0.39 is 34.8 Å². The summed E-state index contributed by atoms with van der Waals surface area (Å²) in [4.78, 5) is 43.3. The smallest absolute Gasteiger partial charge is 0.246 e. The highest BCUT2D eigenvalue weighted by Crippen LogP contribution is 2.55. The van der Waals surface area contributed by atoms with Crippen molar-refractivity contribution in [3.05, 3.63) is 57.6 Å². The van der Waals surface area contributed by atoms with Gasteiger partial charge in [0.2, 0.25) is 17.7 Å². The Kier molecular flexibility index (Phi) is 8.79. The Bertz CT molecular complexity index is 1420. The molecule has 1 aromatic heterocycles. The Labute approximate surface area is 260 Å². The highest BCUT2D eigenvalue weighted by Gasteiger charge is 2.62. The van der Waals surface area contributed by atoms with Gasteiger partial charge in [-0.2, -0.15) is 0 Å². The van der Waals surface area contributed by atoms with E-state index in [9.17, 15) is 14.4 Å². The summed E-state index contributed by atoms with van der Waals surface area (Å²) in [5.41, 5.74) is 4.64. The number of anilines is 1. The van der Waals surface area contributed by atoms with E-state index in [1.807, 2.05) is 6.07 Å². The number of nitrogens with zero attached hydrogens (tertiary/aromatic N) is 1. The molecule has 2 fully saturated rings. The SMILES string of the molecule is C[C@@H](NC1([C@]2(Cc3ccnc(Cl)c3F)C(=O)Nc3cc(Cl)ccc32)CCC(C)(C)CC1)C(=O)N[C@@H]1CC[C@@H](C(N)=O)OC1. The summed E-state index contributed by atoms with van der Waals surface area (Å²) < 4.78 is 21.0. The Morgan fingerprint density at radius 2 is 1.91 bits per heavy atom. The average Bonchev–Trinajstić information content (AvgIpc) is 3.23. The van der Waals surface area contributed by atoms with Gasteiger partial charge in [-0.1, -0.05) is 43.1 Å². The Balaban J connectivity index is 1.53. The lowest BCUT2D eigenvalue weighted by Crippen LogP contribution is -2.69. The van der Waals surface area contributed by atoms with Crippen LogP contribution < -0.4 is 21.7 Å². The van der Waals surface area contributed by atoms with Crippen molar-refractivity contribution in [2.75, 3.05) is 11.9 Å². The number of aromatic nitrogens is 1. The molecule has 1 saturated heterocycles. The number of benzene rings is 1. The summed E-state index contributed by atoms with van der Waals surface area (Å²) in [6.45, 7) is 6.31. The maximum atomic E-state index is 15.5. The second-order valence-electron chi connectivity index (χ2n) is 12.9. The first-order valence-electron chi connectivity index (χ1n) is 14.7. The van der Waals surface area contributed by atoms with Gasteiger partial charge in [0.1, 0.15) is 6.10 Å². The zero-order valence-electron chi connectivity index (χ0n) is 24.6. The first-order chi connectivity index (χ1) is 20.3. The van der Waals surface area contributed by atoms with Gasteiger partial charge in [-0.05, 0) is 86.6 Å². The molecule has 5 N–H and O–H groups in total. The molecular formula is C31H38Cl2FN5O4. The maximum Gasteiger partial charge on any atom is 0.246 e. The van der Waals surface area contributed by atoms with E-state index in [-0.39, 0.29) is 47.0 Å². The van der Waals surface area contributed by atoms with E-state index in [4.69, 9.17) is 33.7 Å². The monoisotopic (exact) mass is 633 g/mol. The van der Waals surface area contributed by atoms with Crippen LogP contribution in [0.25, 0.3) is 0 Å². The molecule has 0 unspecified atom stereocenters. The molecule has 2 aromatic rings. The molecule has 3 amide bonds. The molecule has 1 aromatic carbocycles. The third-order valence-corrected chi connectivity index (χ3v) is 10.1. The second-order valence-corrected chi connectivity index (χ2v) is 13.7. The molecule has 2 aliphatic heterocycles. The van der Waals surface area contributed by atoms with Gasteiger partial charge in [-0.3, -0.25) is 19.7 Å². The predicted octanol–water partition coefficient (Wildman–Crippen LogP) is 4.43. The maximum absolute atomic E-state index is 15.5. The van der Waals surface area contributed by atoms with Crippen molar-refractivity contribution >= 4 is 46.6 Å². The molecule has 1 aliphatic carbocycles. The fourth-order valence-corrected chi connectivity index (χ4v) is 7.33. The van der Waals surface area contributed by atoms with Gasteiger partial charge < -0.3 is 21.1 Å². The first kappa shape index (κ1) is 31.6. The summed E-state index contributed by atoms with van der Waals surface area (Å²) in [5.74, 6) is -1.76. The fourth-order valence-electron chi connectivity index (χ4n) is 6.98. The zero-order valence-corrected chi connectivity index (χ0v) is 26.1. The van der Waals surface area contributed by atoms with Gasteiger partial charge in [-0.25, -0.2) is 9.37 Å². The Morgan fingerprint density at radius 1 is 1.19 bits per heavy atom. The summed E-state index contributed by atoms with van der Waals surface area (Å²) in [6, 6.07) is 5.78. The topological polar surface area (TPSA) is 135 Å². The van der Waals surface area contributed by atoms with Gasteiger partial charge in [0, 0.05) is 22.4 Å². The number of pyridine rings is 1. The number of ether oxygens (including phenoxy) is 1. The molecule has 3 heterocycles. The minimum Gasteiger partial charge on any atom is -0.367 e. The molecule has 4 atom stereocenters. The molecule has 9 nitrogen and oxygen atoms in total. The number of hydrogen-bond donors (Lipinski definition) is 4. The number of carbonyl (C=O) groups is 3. The van der Waals surface area contributed by atoms with Crippen molar-refractivity contribution in [1.82, 2.24) is 15.6 Å². The highest BCUT2D eigenvalue weighted by atomic mass is 35.5. The molecular weight excluding hydrogens is 596 g/mol. The Morgan fingerprint density at radius 3 is 2.56 bits per heavy atom. The molecule has 0 radical (unpaired) electrons. The molecule has 3 aliphatic rings. The summed E-state index contributed by atoms with van der Waals surface area (Å²) >= 11 is 12.4. The lowest BCUT2D eigenvalue weighted by molar-refractivity contribution is -0.135. The van der Waals surface area contributed by atoms with E-state index in [0.717, 1.165) is 12.8 Å². The molecule has 0 bridgehead atoms. The highest BCUT2D eigenvalue weighted by molar-refractivity contribution is 6.31. The van der Waals surface area contributed by atoms with Crippen molar-refractivity contribution in [2.45, 2.75) is 94.9 Å². The second kappa shape index (κ2) is 12.0. The van der Waals surface area contributed by atoms with Crippen LogP contribution in [-0.2, 0) is 31.0 Å². The molecule has 12 heteroatoms. The van der Waals surface area contributed by atoms with Crippen LogP contribution in [0.3, 0.4) is 0 Å². The van der Waals surface area contributed by atoms with Crippen molar-refractivity contribution in [3.8, 4) is 0 Å². The number of nitrogens with two attached hydrogens (primary N) is 1. The molecule has 232 valence electrons. The van der Waals surface area contributed by atoms with E-state index in [1.54, 1.807) is 25.1 Å². The minimum atomic E-state index is -1.30. The molecule has 43 heavy (non-hydrogen) atoms. The lowest BCUT2D eigenvalue weighted by atomic mass is 9.54. The number of hydrogen-bond acceptors (Lipinski definition) is 6. The number of fused-ring (bicyclic) bond motifs is 1. The van der Waals surface area contributed by atoms with Crippen molar-refractivity contribution in [2.24, 2.45) is 11.1 Å². The summed E-state index contributed by atoms with van der Waals surface area (Å²) in [6.07, 6.45) is 4.40. The van der Waals surface area contributed by atoms with Crippen LogP contribution in [0.4, 0.5) is 10.1 Å². The number of halogens is 3. The van der Waals surface area contributed by atoms with E-state index in [0.29, 0.717) is 42.0 Å². The standard InChI is InChI=1S/C31H38Cl2FN5O4/c1-17(27(41)37-20-5-7-23(26(35)40)43-16-20)39-30(11-9-29(2,3)10-12-30)31(15-18-8-13-36-25(33)24(18)34)21-6-4-19(32)14-22(21)38-28(31)42/h4,6,8,13-14,17,20,23,39H,5,7,9-12,15-16H2,1-3H3,(H2,35,40)(H,37,41)(H,38,42)/t17-,20-,23+,31+/m1/s1. The van der Waals surface area contributed by atoms with Crippen molar-refractivity contribution in [3.63, 3.8) is 0 Å². The van der Waals surface area contributed by atoms with Gasteiger partial charge in [-0.15, -0.1) is 0 Å². The van der Waals surface area contributed by atoms with E-state index in [2.05, 4.69) is 34.8 Å². The first-order valence-corrected chi connectivity index (χ1v) is 15.4. The number of rotatable bonds is 8. The largest absolute Gasteiger partial charge is 0.367 e. The average molecular weight is 635 g/mol. The van der Waals surface area contributed by atoms with Crippen molar-refractivity contribution in [1.29, 1.82) is 0 Å². The summed E-state index contributed by atoms with van der Waals surface area (Å²) in [5, 5.41) is 9.85. The molecule has 0 spiro atoms. The normalized spacial score (nSPS) is 26.7. The van der Waals surface area contributed by atoms with Crippen LogP contribution in [0, 0.1) is 11.2 Å². The third kappa shape index (κ3) is 5.99. The van der Waals surface area contributed by atoms with Crippen LogP contribution in [0.1, 0.15) is 70.4 Å². The van der Waals surface area contributed by atoms with Gasteiger partial charge in [0.05, 0.1) is 24.1 Å². The van der Waals surface area contributed by atoms with Gasteiger partial charge in [0.15, 0.2) is 11.0 Å². The Hall–Kier alpha value is -2.79. The van der Waals surface area contributed by atoms with E-state index in [1.165, 1.54) is 6.20 Å². The quantitative estimate of drug-likeness (QED) is 0.318. The predicted molar refractivity (Wildman–Crippen MR) is 162 cm³/mol. The van der Waals surface area contributed by atoms with Gasteiger partial charge in [0.25, 0.3) is 0 Å². The van der Waals surface area contributed by atoms with Crippen LogP contribution >= 0.6 is 23.2 Å². The number of primary amides is 1. The van der Waals surface area contributed by atoms with Crippen LogP contribution in [0.5, 0.6) is 0 Å². The van der Waals surface area contributed by atoms with Gasteiger partial charge >= 0.3 is 0 Å². The molecule has 5 rings (SSSR count). The molecule has 1 saturated carbocycles. The zero-order chi connectivity index (χ0) is 31.2. The van der Waals surface area contributed by atoms with E-state index >= 15 is 4.39 Å². The lowest BCUT2D eigenvalue weighted by Gasteiger charge is -2.54. The van der Waals surface area contributed by atoms with Crippen molar-refractivity contribution < 1.29 is 23.5 Å². The number of amides is 3. The minimum absolute atomic E-state index is 0.00568. The fraction of sp³-hybridized carbons (Fsp3) is 0.548. The number of nitrogens with one attached hydrogen (secondary N) is 3. The summed E-state index contributed by atoms with van der Waals surface area (Å²) in [7, 11) is 0. The third-order valence-electron chi connectivity index (χ3n) is 9.56. The number of carbonyl (C=O) groups excluding carboxylic acids is 3.